The molecule has 0 saturated carbocycles. The predicted octanol–water partition coefficient (Wildman–Crippen LogP) is -1.57. The molecule has 13 heavy (non-hydrogen) atoms. The summed E-state index contributed by atoms with van der Waals surface area (Å²) in [6.07, 6.45) is -0.0634. The first-order valence-corrected chi connectivity index (χ1v) is 5.40. The number of hydrogen-bond donors (Lipinski definition) is 1. The highest BCUT2D eigenvalue weighted by Gasteiger charge is 2.57. The van der Waals surface area contributed by atoms with Crippen LogP contribution >= 0.6 is 0 Å². The van der Waals surface area contributed by atoms with Gasteiger partial charge < -0.3 is 10.0 Å². The minimum atomic E-state index is -3.39. The lowest BCUT2D eigenvalue weighted by Gasteiger charge is -2.34. The van der Waals surface area contributed by atoms with E-state index in [4.69, 9.17) is 5.11 Å². The highest BCUT2D eigenvalue weighted by Crippen LogP contribution is 2.34. The van der Waals surface area contributed by atoms with Crippen molar-refractivity contribution in [3.05, 3.63) is 0 Å². The van der Waals surface area contributed by atoms with Crippen molar-refractivity contribution in [2.75, 3.05) is 5.75 Å². The number of aliphatic carboxylic acids is 1. The molecular formula is C6H7NO5S. The first-order chi connectivity index (χ1) is 5.93. The Balaban J connectivity index is 2.37. The molecule has 0 aliphatic carbocycles. The monoisotopic (exact) mass is 205 g/mol. The van der Waals surface area contributed by atoms with Crippen LogP contribution in [0.25, 0.3) is 0 Å². The summed E-state index contributed by atoms with van der Waals surface area (Å²) < 4.78 is 22.5. The summed E-state index contributed by atoms with van der Waals surface area (Å²) >= 11 is 0. The van der Waals surface area contributed by atoms with Crippen LogP contribution in [0.1, 0.15) is 6.42 Å². The standard InChI is InChI=1S/C6H7NO5S/c8-4-1-5-7(4)3(6(9)10)2-13(5,11)12/h3,5H,1-2H2,(H,9,10)/t3-,5+/m1/s1. The van der Waals surface area contributed by atoms with Crippen molar-refractivity contribution in [3.63, 3.8) is 0 Å². The maximum Gasteiger partial charge on any atom is 0.327 e. The van der Waals surface area contributed by atoms with Crippen molar-refractivity contribution < 1.29 is 23.1 Å². The van der Waals surface area contributed by atoms with E-state index in [2.05, 4.69) is 0 Å². The molecule has 2 fully saturated rings. The number of rotatable bonds is 1. The molecule has 1 amide bonds. The van der Waals surface area contributed by atoms with Gasteiger partial charge in [0.25, 0.3) is 0 Å². The quantitative estimate of drug-likeness (QED) is 0.522. The highest BCUT2D eigenvalue weighted by molar-refractivity contribution is 7.92. The van der Waals surface area contributed by atoms with E-state index in [-0.39, 0.29) is 6.42 Å². The zero-order chi connectivity index (χ0) is 9.80. The fourth-order valence-corrected chi connectivity index (χ4v) is 3.65. The fourth-order valence-electron chi connectivity index (χ4n) is 1.68. The molecule has 0 aromatic rings. The van der Waals surface area contributed by atoms with Gasteiger partial charge in [-0.05, 0) is 0 Å². The highest BCUT2D eigenvalue weighted by atomic mass is 32.2. The third-order valence-corrected chi connectivity index (χ3v) is 4.38. The molecule has 7 heteroatoms. The zero-order valence-corrected chi connectivity index (χ0v) is 7.32. The molecule has 0 bridgehead atoms. The van der Waals surface area contributed by atoms with E-state index in [1.165, 1.54) is 0 Å². The summed E-state index contributed by atoms with van der Waals surface area (Å²) in [5, 5.41) is 7.75. The SMILES string of the molecule is O=C(O)[C@H]1CS(=O)(=O)[C@H]2CC(=O)N12. The Morgan fingerprint density at radius 2 is 2.15 bits per heavy atom. The second-order valence-electron chi connectivity index (χ2n) is 3.14. The number of carbonyl (C=O) groups excluding carboxylic acids is 1. The van der Waals surface area contributed by atoms with Crippen molar-refractivity contribution in [3.8, 4) is 0 Å². The van der Waals surface area contributed by atoms with Crippen molar-refractivity contribution in [1.29, 1.82) is 0 Å². The Hall–Kier alpha value is -1.11. The van der Waals surface area contributed by atoms with Crippen LogP contribution in [-0.2, 0) is 19.4 Å². The van der Waals surface area contributed by atoms with Gasteiger partial charge in [0.15, 0.2) is 9.84 Å². The minimum absolute atomic E-state index is 0.0634. The number of carboxylic acids is 1. The van der Waals surface area contributed by atoms with Crippen LogP contribution in [0.5, 0.6) is 0 Å². The van der Waals surface area contributed by atoms with Gasteiger partial charge in [-0.2, -0.15) is 0 Å². The van der Waals surface area contributed by atoms with Crippen LogP contribution in [0.3, 0.4) is 0 Å². The molecule has 6 nitrogen and oxygen atoms in total. The van der Waals surface area contributed by atoms with Gasteiger partial charge in [0.05, 0.1) is 12.2 Å². The van der Waals surface area contributed by atoms with Gasteiger partial charge in [-0.3, -0.25) is 4.79 Å². The number of fused-ring (bicyclic) bond motifs is 1. The zero-order valence-electron chi connectivity index (χ0n) is 6.50. The second-order valence-corrected chi connectivity index (χ2v) is 5.35. The van der Waals surface area contributed by atoms with Gasteiger partial charge in [-0.15, -0.1) is 0 Å². The van der Waals surface area contributed by atoms with Crippen LogP contribution in [0.2, 0.25) is 0 Å². The van der Waals surface area contributed by atoms with Crippen LogP contribution in [-0.4, -0.2) is 47.5 Å². The maximum atomic E-state index is 11.2. The summed E-state index contributed by atoms with van der Waals surface area (Å²) in [6.45, 7) is 0. The summed E-state index contributed by atoms with van der Waals surface area (Å²) in [6, 6.07) is -1.17. The number of carboxylic acid groups (broad SMARTS) is 1. The van der Waals surface area contributed by atoms with E-state index < -0.39 is 38.9 Å². The molecule has 2 atom stereocenters. The summed E-state index contributed by atoms with van der Waals surface area (Å²) in [4.78, 5) is 22.4. The van der Waals surface area contributed by atoms with E-state index in [0.29, 0.717) is 0 Å². The molecule has 2 heterocycles. The Labute approximate surface area is 74.1 Å². The third-order valence-electron chi connectivity index (χ3n) is 2.37. The Morgan fingerprint density at radius 1 is 1.54 bits per heavy atom. The van der Waals surface area contributed by atoms with Crippen LogP contribution in [0, 0.1) is 0 Å². The van der Waals surface area contributed by atoms with E-state index in [0.717, 1.165) is 4.90 Å². The molecule has 0 unspecified atom stereocenters. The smallest absolute Gasteiger partial charge is 0.327 e. The molecule has 0 radical (unpaired) electrons. The largest absolute Gasteiger partial charge is 0.480 e. The van der Waals surface area contributed by atoms with Crippen molar-refractivity contribution in [2.24, 2.45) is 0 Å². The van der Waals surface area contributed by atoms with Gasteiger partial charge in [0, 0.05) is 0 Å². The van der Waals surface area contributed by atoms with E-state index >= 15 is 0 Å². The Kier molecular flexibility index (Phi) is 1.45. The Morgan fingerprint density at radius 3 is 2.54 bits per heavy atom. The van der Waals surface area contributed by atoms with Crippen LogP contribution < -0.4 is 0 Å². The number of sulfone groups is 1. The van der Waals surface area contributed by atoms with Crippen LogP contribution in [0.15, 0.2) is 0 Å². The summed E-state index contributed by atoms with van der Waals surface area (Å²) in [5.41, 5.74) is 0. The average Bonchev–Trinajstić information content (AvgIpc) is 2.18. The minimum Gasteiger partial charge on any atom is -0.480 e. The number of hydrogen-bond acceptors (Lipinski definition) is 4. The first-order valence-electron chi connectivity index (χ1n) is 3.69. The molecule has 2 aliphatic rings. The molecule has 0 spiro atoms. The number of carbonyl (C=O) groups is 2. The lowest BCUT2D eigenvalue weighted by Crippen LogP contribution is -2.55. The molecule has 2 saturated heterocycles. The molecule has 72 valence electrons. The van der Waals surface area contributed by atoms with E-state index in [1.54, 1.807) is 0 Å². The molecular weight excluding hydrogens is 198 g/mol. The van der Waals surface area contributed by atoms with Gasteiger partial charge >= 0.3 is 5.97 Å². The lowest BCUT2D eigenvalue weighted by atomic mass is 10.1. The normalized spacial score (nSPS) is 35.4. The third kappa shape index (κ3) is 0.963. The number of nitrogens with zero attached hydrogens (tertiary/aromatic N) is 1. The van der Waals surface area contributed by atoms with E-state index in [1.807, 2.05) is 0 Å². The molecule has 2 rings (SSSR count). The number of β-lactam (4-membered cyclic amide) rings is 1. The first kappa shape index (κ1) is 8.49. The van der Waals surface area contributed by atoms with Gasteiger partial charge in [0.2, 0.25) is 5.91 Å². The molecule has 0 aromatic heterocycles. The molecule has 2 aliphatic heterocycles. The van der Waals surface area contributed by atoms with Crippen LogP contribution in [0.4, 0.5) is 0 Å². The maximum absolute atomic E-state index is 11.2. The molecule has 0 aromatic carbocycles. The van der Waals surface area contributed by atoms with Gasteiger partial charge in [-0.25, -0.2) is 13.2 Å². The summed E-state index contributed by atoms with van der Waals surface area (Å²) in [7, 11) is -3.39. The molecule has 1 N–H and O–H groups in total. The summed E-state index contributed by atoms with van der Waals surface area (Å²) in [5.74, 6) is -2.09. The topological polar surface area (TPSA) is 91.7 Å². The fraction of sp³-hybridized carbons (Fsp3) is 0.667. The predicted molar refractivity (Wildman–Crippen MR) is 40.5 cm³/mol. The lowest BCUT2D eigenvalue weighted by molar-refractivity contribution is -0.155. The average molecular weight is 205 g/mol. The number of amides is 1. The van der Waals surface area contributed by atoms with Gasteiger partial charge in [0.1, 0.15) is 11.4 Å². The van der Waals surface area contributed by atoms with Crippen molar-refractivity contribution >= 4 is 21.7 Å². The second kappa shape index (κ2) is 2.22. The van der Waals surface area contributed by atoms with E-state index in [9.17, 15) is 18.0 Å². The van der Waals surface area contributed by atoms with Gasteiger partial charge in [-0.1, -0.05) is 0 Å². The van der Waals surface area contributed by atoms with Crippen molar-refractivity contribution in [2.45, 2.75) is 17.8 Å². The van der Waals surface area contributed by atoms with Crippen molar-refractivity contribution in [1.82, 2.24) is 4.90 Å². The Bertz CT molecular complexity index is 378.